The molecule has 0 heterocycles. The lowest BCUT2D eigenvalue weighted by Gasteiger charge is -2.44. The summed E-state index contributed by atoms with van der Waals surface area (Å²) in [6.07, 6.45) is 2.65. The maximum absolute atomic E-state index is 2.43. The van der Waals surface area contributed by atoms with Gasteiger partial charge in [0.2, 0.25) is 0 Å². The van der Waals surface area contributed by atoms with Crippen molar-refractivity contribution < 1.29 is 0 Å². The zero-order chi connectivity index (χ0) is 11.6. The quantitative estimate of drug-likeness (QED) is 0.574. The van der Waals surface area contributed by atoms with Crippen molar-refractivity contribution in [2.75, 3.05) is 0 Å². The maximum Gasteiger partial charge on any atom is -0.0300 e. The van der Waals surface area contributed by atoms with Crippen LogP contribution in [0.2, 0.25) is 0 Å². The summed E-state index contributed by atoms with van der Waals surface area (Å²) in [4.78, 5) is 0. The first-order chi connectivity index (χ1) is 6.08. The predicted molar refractivity (Wildman–Crippen MR) is 66.5 cm³/mol. The molecular weight excluding hydrogens is 168 g/mol. The third kappa shape index (κ3) is 4.02. The number of rotatable bonds is 5. The van der Waals surface area contributed by atoms with Crippen LogP contribution < -0.4 is 0 Å². The summed E-state index contributed by atoms with van der Waals surface area (Å²) >= 11 is 0. The van der Waals surface area contributed by atoms with Crippen LogP contribution in [0.3, 0.4) is 0 Å². The van der Waals surface area contributed by atoms with Gasteiger partial charge in [-0.15, -0.1) is 0 Å². The molecule has 0 bridgehead atoms. The highest BCUT2D eigenvalue weighted by Crippen LogP contribution is 2.46. The van der Waals surface area contributed by atoms with Gasteiger partial charge < -0.3 is 0 Å². The second-order valence-electron chi connectivity index (χ2n) is 6.96. The molecule has 0 aromatic rings. The van der Waals surface area contributed by atoms with E-state index in [9.17, 15) is 0 Å². The van der Waals surface area contributed by atoms with E-state index < -0.39 is 0 Å². The Labute approximate surface area is 91.5 Å². The summed E-state index contributed by atoms with van der Waals surface area (Å²) < 4.78 is 0. The fourth-order valence-corrected chi connectivity index (χ4v) is 2.59. The van der Waals surface area contributed by atoms with E-state index in [0.29, 0.717) is 10.8 Å². The topological polar surface area (TPSA) is 0 Å². The molecule has 0 aliphatic rings. The van der Waals surface area contributed by atoms with Gasteiger partial charge in [0.25, 0.3) is 0 Å². The molecule has 0 aromatic carbocycles. The Balaban J connectivity index is 4.51. The summed E-state index contributed by atoms with van der Waals surface area (Å²) in [6, 6.07) is 0. The van der Waals surface area contributed by atoms with E-state index in [-0.39, 0.29) is 0 Å². The lowest BCUT2D eigenvalue weighted by molar-refractivity contribution is 0.0607. The Morgan fingerprint density at radius 3 is 1.00 bits per heavy atom. The summed E-state index contributed by atoms with van der Waals surface area (Å²) in [6.45, 7) is 19.0. The minimum absolute atomic E-state index is 0.450. The van der Waals surface area contributed by atoms with Crippen molar-refractivity contribution in [3.05, 3.63) is 0 Å². The van der Waals surface area contributed by atoms with Gasteiger partial charge in [-0.1, -0.05) is 55.4 Å². The first-order valence-corrected chi connectivity index (χ1v) is 6.08. The minimum Gasteiger partial charge on any atom is -0.0628 e. The van der Waals surface area contributed by atoms with Crippen LogP contribution in [-0.2, 0) is 0 Å². The normalized spacial score (nSPS) is 14.1. The van der Waals surface area contributed by atoms with Crippen LogP contribution in [0.5, 0.6) is 0 Å². The summed E-state index contributed by atoms with van der Waals surface area (Å²) in [7, 11) is 0. The average molecular weight is 198 g/mol. The van der Waals surface area contributed by atoms with Gasteiger partial charge >= 0.3 is 0 Å². The van der Waals surface area contributed by atoms with Crippen molar-refractivity contribution >= 4 is 0 Å². The molecule has 0 radical (unpaired) electrons. The molecule has 0 heteroatoms. The SMILES string of the molecule is CC(C)CC(C)(C)C(C)(C)CC(C)C. The van der Waals surface area contributed by atoms with Gasteiger partial charge in [-0.3, -0.25) is 0 Å². The van der Waals surface area contributed by atoms with E-state index >= 15 is 0 Å². The van der Waals surface area contributed by atoms with Crippen molar-refractivity contribution in [1.82, 2.24) is 0 Å². The molecule has 0 aliphatic heterocycles. The highest BCUT2D eigenvalue weighted by molar-refractivity contribution is 4.87. The second-order valence-corrected chi connectivity index (χ2v) is 6.96. The number of hydrogen-bond donors (Lipinski definition) is 0. The fourth-order valence-electron chi connectivity index (χ4n) is 2.59. The van der Waals surface area contributed by atoms with Crippen molar-refractivity contribution in [3.63, 3.8) is 0 Å². The van der Waals surface area contributed by atoms with Crippen LogP contribution in [0.25, 0.3) is 0 Å². The van der Waals surface area contributed by atoms with E-state index in [1.54, 1.807) is 0 Å². The fraction of sp³-hybridized carbons (Fsp3) is 1.00. The third-order valence-corrected chi connectivity index (χ3v) is 3.67. The molecule has 0 saturated carbocycles. The molecular formula is C14H30. The largest absolute Gasteiger partial charge is 0.0628 e. The van der Waals surface area contributed by atoms with Crippen molar-refractivity contribution in [2.45, 2.75) is 68.2 Å². The first kappa shape index (κ1) is 14.0. The van der Waals surface area contributed by atoms with E-state index in [0.717, 1.165) is 11.8 Å². The van der Waals surface area contributed by atoms with Gasteiger partial charge in [0.05, 0.1) is 0 Å². The van der Waals surface area contributed by atoms with Gasteiger partial charge in [-0.05, 0) is 35.5 Å². The van der Waals surface area contributed by atoms with Gasteiger partial charge in [0.1, 0.15) is 0 Å². The van der Waals surface area contributed by atoms with Gasteiger partial charge in [-0.25, -0.2) is 0 Å². The van der Waals surface area contributed by atoms with Crippen LogP contribution in [0, 0.1) is 22.7 Å². The Bertz CT molecular complexity index is 141. The lowest BCUT2D eigenvalue weighted by Crippen LogP contribution is -2.34. The van der Waals surface area contributed by atoms with Gasteiger partial charge in [0, 0.05) is 0 Å². The van der Waals surface area contributed by atoms with E-state index in [1.807, 2.05) is 0 Å². The van der Waals surface area contributed by atoms with Crippen LogP contribution in [0.15, 0.2) is 0 Å². The molecule has 0 aliphatic carbocycles. The van der Waals surface area contributed by atoms with Crippen molar-refractivity contribution in [1.29, 1.82) is 0 Å². The molecule has 0 fully saturated rings. The van der Waals surface area contributed by atoms with Crippen molar-refractivity contribution in [2.24, 2.45) is 22.7 Å². The van der Waals surface area contributed by atoms with Crippen LogP contribution in [0.1, 0.15) is 68.2 Å². The summed E-state index contributed by atoms with van der Waals surface area (Å²) in [5, 5.41) is 0. The Kier molecular flexibility index (Phi) is 4.68. The van der Waals surface area contributed by atoms with Crippen LogP contribution >= 0.6 is 0 Å². The van der Waals surface area contributed by atoms with Crippen LogP contribution in [-0.4, -0.2) is 0 Å². The van der Waals surface area contributed by atoms with E-state index in [1.165, 1.54) is 12.8 Å². The average Bonchev–Trinajstić information content (AvgIpc) is 1.78. The highest BCUT2D eigenvalue weighted by atomic mass is 14.4. The molecule has 0 atom stereocenters. The molecule has 14 heavy (non-hydrogen) atoms. The summed E-state index contributed by atoms with van der Waals surface area (Å²) in [5.74, 6) is 1.60. The first-order valence-electron chi connectivity index (χ1n) is 6.08. The molecule has 0 rings (SSSR count). The van der Waals surface area contributed by atoms with E-state index in [2.05, 4.69) is 55.4 Å². The van der Waals surface area contributed by atoms with E-state index in [4.69, 9.17) is 0 Å². The molecule has 0 saturated heterocycles. The smallest absolute Gasteiger partial charge is 0.0300 e. The monoisotopic (exact) mass is 198 g/mol. The lowest BCUT2D eigenvalue weighted by atomic mass is 9.61. The maximum atomic E-state index is 2.43. The molecule has 0 amide bonds. The zero-order valence-electron chi connectivity index (χ0n) is 11.6. The zero-order valence-corrected chi connectivity index (χ0v) is 11.6. The predicted octanol–water partition coefficient (Wildman–Crippen LogP) is 5.13. The Hall–Kier alpha value is 0. The van der Waals surface area contributed by atoms with Gasteiger partial charge in [0.15, 0.2) is 0 Å². The number of hydrogen-bond acceptors (Lipinski definition) is 0. The second kappa shape index (κ2) is 4.68. The van der Waals surface area contributed by atoms with Gasteiger partial charge in [-0.2, -0.15) is 0 Å². The molecule has 0 nitrogen and oxygen atoms in total. The molecule has 0 spiro atoms. The molecule has 86 valence electrons. The van der Waals surface area contributed by atoms with Crippen LogP contribution in [0.4, 0.5) is 0 Å². The third-order valence-electron chi connectivity index (χ3n) is 3.67. The van der Waals surface area contributed by atoms with Crippen molar-refractivity contribution in [3.8, 4) is 0 Å². The Morgan fingerprint density at radius 1 is 0.643 bits per heavy atom. The molecule has 0 N–H and O–H groups in total. The summed E-state index contributed by atoms with van der Waals surface area (Å²) in [5.41, 5.74) is 0.900. The highest BCUT2D eigenvalue weighted by Gasteiger charge is 2.37. The molecule has 0 aromatic heterocycles. The minimum atomic E-state index is 0.450. The molecule has 0 unspecified atom stereocenters. The standard InChI is InChI=1S/C14H30/c1-11(2)9-13(5,6)14(7,8)10-12(3)4/h11-12H,9-10H2,1-8H3. The Morgan fingerprint density at radius 2 is 0.857 bits per heavy atom.